The van der Waals surface area contributed by atoms with E-state index in [1.165, 1.54) is 24.0 Å². The number of nitrogens with zero attached hydrogens (tertiary/aromatic N) is 5. The van der Waals surface area contributed by atoms with Gasteiger partial charge in [0, 0.05) is 30.1 Å². The van der Waals surface area contributed by atoms with Crippen LogP contribution in [0.25, 0.3) is 10.9 Å². The van der Waals surface area contributed by atoms with Crippen LogP contribution >= 0.6 is 0 Å². The quantitative estimate of drug-likeness (QED) is 0.427. The van der Waals surface area contributed by atoms with E-state index >= 15 is 0 Å². The van der Waals surface area contributed by atoms with Crippen LogP contribution in [-0.2, 0) is 26.1 Å². The molecule has 1 fully saturated rings. The molecule has 1 aliphatic rings. The molecule has 7 heteroatoms. The molecule has 0 saturated heterocycles. The van der Waals surface area contributed by atoms with Crippen molar-refractivity contribution in [3.05, 3.63) is 87.0 Å². The van der Waals surface area contributed by atoms with E-state index < -0.39 is 0 Å². The molecule has 0 radical (unpaired) electrons. The highest BCUT2D eigenvalue weighted by Crippen LogP contribution is 2.27. The summed E-state index contributed by atoms with van der Waals surface area (Å²) >= 11 is 0. The lowest BCUT2D eigenvalue weighted by Crippen LogP contribution is -2.35. The number of aromatic nitrogens is 5. The minimum Gasteiger partial charge on any atom is -0.321 e. The van der Waals surface area contributed by atoms with Gasteiger partial charge in [0.25, 0.3) is 5.56 Å². The number of rotatable bonds is 8. The molecule has 1 aliphatic carbocycles. The number of nitrogens with one attached hydrogen (secondary N) is 1. The van der Waals surface area contributed by atoms with Crippen LogP contribution in [0.3, 0.4) is 0 Å². The molecule has 0 atom stereocenters. The van der Waals surface area contributed by atoms with Gasteiger partial charge in [0.15, 0.2) is 5.82 Å². The SMILES string of the molecule is Cc1ccc(C)c2[nH]c(=O)c(CN(Cc3nnnn3CCc3ccccc3)C3CCCC3)cc12. The smallest absolute Gasteiger partial charge is 0.252 e. The maximum atomic E-state index is 13.0. The Bertz CT molecular complexity index is 1320. The second-order valence-electron chi connectivity index (χ2n) is 9.51. The Morgan fingerprint density at radius 1 is 1.03 bits per heavy atom. The monoisotopic (exact) mass is 456 g/mol. The molecule has 1 N–H and O–H groups in total. The van der Waals surface area contributed by atoms with Crippen molar-refractivity contribution in [3.8, 4) is 0 Å². The zero-order chi connectivity index (χ0) is 23.5. The largest absolute Gasteiger partial charge is 0.321 e. The first kappa shape index (κ1) is 22.5. The molecular weight excluding hydrogens is 424 g/mol. The van der Waals surface area contributed by atoms with E-state index in [2.05, 4.69) is 74.8 Å². The molecule has 0 amide bonds. The van der Waals surface area contributed by atoms with Gasteiger partial charge in [-0.05, 0) is 66.3 Å². The summed E-state index contributed by atoms with van der Waals surface area (Å²) < 4.78 is 1.91. The summed E-state index contributed by atoms with van der Waals surface area (Å²) in [6.07, 6.45) is 5.63. The van der Waals surface area contributed by atoms with Crippen LogP contribution in [0, 0.1) is 13.8 Å². The Morgan fingerprint density at radius 2 is 1.79 bits per heavy atom. The molecule has 176 valence electrons. The summed E-state index contributed by atoms with van der Waals surface area (Å²) in [4.78, 5) is 18.6. The van der Waals surface area contributed by atoms with Gasteiger partial charge < -0.3 is 4.98 Å². The third-order valence-corrected chi connectivity index (χ3v) is 7.14. The first-order valence-electron chi connectivity index (χ1n) is 12.2. The number of benzene rings is 2. The molecule has 2 aromatic carbocycles. The minimum absolute atomic E-state index is 0.00661. The summed E-state index contributed by atoms with van der Waals surface area (Å²) in [5.74, 6) is 0.854. The van der Waals surface area contributed by atoms with E-state index in [0.29, 0.717) is 19.1 Å². The van der Waals surface area contributed by atoms with Gasteiger partial charge in [-0.25, -0.2) is 4.68 Å². The number of aryl methyl sites for hydroxylation is 4. The van der Waals surface area contributed by atoms with Crippen molar-refractivity contribution in [3.63, 3.8) is 0 Å². The number of hydrogen-bond acceptors (Lipinski definition) is 5. The third-order valence-electron chi connectivity index (χ3n) is 7.14. The van der Waals surface area contributed by atoms with Crippen LogP contribution < -0.4 is 5.56 Å². The van der Waals surface area contributed by atoms with Crippen LogP contribution in [0.4, 0.5) is 0 Å². The predicted octanol–water partition coefficient (Wildman–Crippen LogP) is 4.32. The van der Waals surface area contributed by atoms with E-state index in [9.17, 15) is 4.79 Å². The van der Waals surface area contributed by atoms with Crippen LogP contribution in [0.1, 0.15) is 53.8 Å². The van der Waals surface area contributed by atoms with Gasteiger partial charge in [0.2, 0.25) is 0 Å². The van der Waals surface area contributed by atoms with Crippen molar-refractivity contribution in [2.75, 3.05) is 0 Å². The lowest BCUT2D eigenvalue weighted by atomic mass is 10.0. The lowest BCUT2D eigenvalue weighted by Gasteiger charge is -2.28. The van der Waals surface area contributed by atoms with Gasteiger partial charge in [-0.3, -0.25) is 9.69 Å². The Morgan fingerprint density at radius 3 is 2.59 bits per heavy atom. The molecule has 5 rings (SSSR count). The zero-order valence-corrected chi connectivity index (χ0v) is 20.0. The van der Waals surface area contributed by atoms with Crippen LogP contribution in [0.2, 0.25) is 0 Å². The van der Waals surface area contributed by atoms with Crippen LogP contribution in [0.5, 0.6) is 0 Å². The first-order chi connectivity index (χ1) is 16.6. The second-order valence-corrected chi connectivity index (χ2v) is 9.51. The number of tetrazole rings is 1. The summed E-state index contributed by atoms with van der Waals surface area (Å²) in [7, 11) is 0. The molecule has 1 saturated carbocycles. The molecular formula is C27H32N6O. The van der Waals surface area contributed by atoms with Crippen molar-refractivity contribution in [1.82, 2.24) is 30.1 Å². The fourth-order valence-corrected chi connectivity index (χ4v) is 5.11. The van der Waals surface area contributed by atoms with Gasteiger partial charge in [-0.1, -0.05) is 55.3 Å². The maximum Gasteiger partial charge on any atom is 0.252 e. The fourth-order valence-electron chi connectivity index (χ4n) is 5.11. The van der Waals surface area contributed by atoms with E-state index in [4.69, 9.17) is 0 Å². The Hall–Kier alpha value is -3.32. The number of aromatic amines is 1. The highest BCUT2D eigenvalue weighted by molar-refractivity contribution is 5.85. The van der Waals surface area contributed by atoms with Crippen molar-refractivity contribution >= 4 is 10.9 Å². The summed E-state index contributed by atoms with van der Waals surface area (Å²) in [5, 5.41) is 13.7. The van der Waals surface area contributed by atoms with Crippen molar-refractivity contribution in [2.45, 2.75) is 71.6 Å². The zero-order valence-electron chi connectivity index (χ0n) is 20.0. The Balaban J connectivity index is 1.40. The summed E-state index contributed by atoms with van der Waals surface area (Å²) in [6, 6.07) is 17.1. The second kappa shape index (κ2) is 9.89. The first-order valence-corrected chi connectivity index (χ1v) is 12.2. The number of H-pyrrole nitrogens is 1. The molecule has 0 aliphatic heterocycles. The van der Waals surface area contributed by atoms with E-state index in [-0.39, 0.29) is 5.56 Å². The van der Waals surface area contributed by atoms with Crippen molar-refractivity contribution < 1.29 is 0 Å². The topological polar surface area (TPSA) is 79.7 Å². The summed E-state index contributed by atoms with van der Waals surface area (Å²) in [6.45, 7) is 6.10. The number of hydrogen-bond donors (Lipinski definition) is 1. The van der Waals surface area contributed by atoms with Gasteiger partial charge in [-0.2, -0.15) is 0 Å². The van der Waals surface area contributed by atoms with Gasteiger partial charge in [-0.15, -0.1) is 5.10 Å². The molecule has 34 heavy (non-hydrogen) atoms. The van der Waals surface area contributed by atoms with E-state index in [1.807, 2.05) is 17.7 Å². The van der Waals surface area contributed by atoms with Gasteiger partial charge in [0.1, 0.15) is 0 Å². The van der Waals surface area contributed by atoms with Crippen molar-refractivity contribution in [1.29, 1.82) is 0 Å². The van der Waals surface area contributed by atoms with Gasteiger partial charge >= 0.3 is 0 Å². The highest BCUT2D eigenvalue weighted by atomic mass is 16.1. The summed E-state index contributed by atoms with van der Waals surface area (Å²) in [5.41, 5.74) is 5.27. The highest BCUT2D eigenvalue weighted by Gasteiger charge is 2.25. The lowest BCUT2D eigenvalue weighted by molar-refractivity contribution is 0.172. The van der Waals surface area contributed by atoms with E-state index in [1.54, 1.807) is 0 Å². The number of fused-ring (bicyclic) bond motifs is 1. The van der Waals surface area contributed by atoms with Crippen molar-refractivity contribution in [2.24, 2.45) is 0 Å². The van der Waals surface area contributed by atoms with Crippen LogP contribution in [0.15, 0.2) is 53.3 Å². The third kappa shape index (κ3) is 4.80. The fraction of sp³-hybridized carbons (Fsp3) is 0.407. The van der Waals surface area contributed by atoms with Gasteiger partial charge in [0.05, 0.1) is 12.1 Å². The maximum absolute atomic E-state index is 13.0. The molecule has 4 aromatic rings. The average Bonchev–Trinajstić information content (AvgIpc) is 3.54. The standard InChI is InChI=1S/C27H32N6O/c1-19-12-13-20(2)26-24(19)16-22(27(34)28-26)17-32(23-10-6-7-11-23)18-25-29-30-31-33(25)15-14-21-8-4-3-5-9-21/h3-5,8-9,12-13,16,23H,6-7,10-11,14-15,17-18H2,1-2H3,(H,28,34). The van der Waals surface area contributed by atoms with Crippen LogP contribution in [-0.4, -0.2) is 36.1 Å². The molecule has 2 aromatic heterocycles. The Labute approximate surface area is 199 Å². The molecule has 0 unspecified atom stereocenters. The molecule has 0 bridgehead atoms. The predicted molar refractivity (Wildman–Crippen MR) is 134 cm³/mol. The number of pyridine rings is 1. The van der Waals surface area contributed by atoms with E-state index in [0.717, 1.165) is 53.7 Å². The normalized spacial score (nSPS) is 14.4. The Kier molecular flexibility index (Phi) is 6.54. The molecule has 0 spiro atoms. The molecule has 2 heterocycles. The average molecular weight is 457 g/mol. The minimum atomic E-state index is -0.00661. The molecule has 7 nitrogen and oxygen atoms in total.